The van der Waals surface area contributed by atoms with Crippen molar-refractivity contribution in [3.05, 3.63) is 70.0 Å². The van der Waals surface area contributed by atoms with Crippen molar-refractivity contribution in [3.8, 4) is 6.07 Å². The lowest BCUT2D eigenvalue weighted by atomic mass is 10.1. The Hall–Kier alpha value is -2.42. The summed E-state index contributed by atoms with van der Waals surface area (Å²) in [6, 6.07) is 14.2. The highest BCUT2D eigenvalue weighted by atomic mass is 35.5. The molecule has 0 unspecified atom stereocenters. The van der Waals surface area contributed by atoms with Gasteiger partial charge in [0.1, 0.15) is 5.82 Å². The van der Waals surface area contributed by atoms with Crippen LogP contribution in [-0.4, -0.2) is 41.9 Å². The summed E-state index contributed by atoms with van der Waals surface area (Å²) in [5, 5.41) is 9.17. The second kappa shape index (κ2) is 8.98. The van der Waals surface area contributed by atoms with Crippen molar-refractivity contribution >= 4 is 17.5 Å². The molecule has 1 heterocycles. The maximum absolute atomic E-state index is 13.9. The van der Waals surface area contributed by atoms with Crippen LogP contribution in [0.5, 0.6) is 0 Å². The number of halogens is 2. The third-order valence-electron chi connectivity index (χ3n) is 4.82. The van der Waals surface area contributed by atoms with Crippen LogP contribution in [-0.2, 0) is 17.8 Å². The molecule has 3 rings (SSSR count). The largest absolute Gasteiger partial charge is 0.341 e. The Labute approximate surface area is 163 Å². The average molecular weight is 386 g/mol. The summed E-state index contributed by atoms with van der Waals surface area (Å²) in [4.78, 5) is 16.7. The van der Waals surface area contributed by atoms with Gasteiger partial charge in [-0.1, -0.05) is 29.8 Å². The van der Waals surface area contributed by atoms with Gasteiger partial charge >= 0.3 is 0 Å². The van der Waals surface area contributed by atoms with E-state index in [1.165, 1.54) is 6.07 Å². The lowest BCUT2D eigenvalue weighted by Crippen LogP contribution is -2.36. The summed E-state index contributed by atoms with van der Waals surface area (Å²) >= 11 is 6.04. The first-order valence-electron chi connectivity index (χ1n) is 8.99. The highest BCUT2D eigenvalue weighted by Crippen LogP contribution is 2.20. The normalized spacial score (nSPS) is 15.2. The Kier molecular flexibility index (Phi) is 6.44. The molecule has 0 bridgehead atoms. The van der Waals surface area contributed by atoms with Crippen molar-refractivity contribution in [2.24, 2.45) is 0 Å². The second-order valence-corrected chi connectivity index (χ2v) is 7.10. The van der Waals surface area contributed by atoms with E-state index in [4.69, 9.17) is 16.9 Å². The summed E-state index contributed by atoms with van der Waals surface area (Å²) in [6.07, 6.45) is 0.855. The number of nitrogens with zero attached hydrogens (tertiary/aromatic N) is 3. The summed E-state index contributed by atoms with van der Waals surface area (Å²) < 4.78 is 13.9. The monoisotopic (exact) mass is 385 g/mol. The van der Waals surface area contributed by atoms with Crippen LogP contribution in [0.3, 0.4) is 0 Å². The number of nitriles is 1. The highest BCUT2D eigenvalue weighted by molar-refractivity contribution is 6.31. The molecule has 27 heavy (non-hydrogen) atoms. The maximum atomic E-state index is 13.9. The maximum Gasteiger partial charge on any atom is 0.227 e. The zero-order valence-electron chi connectivity index (χ0n) is 15.0. The fraction of sp³-hybridized carbons (Fsp3) is 0.333. The van der Waals surface area contributed by atoms with Gasteiger partial charge in [0.25, 0.3) is 0 Å². The average Bonchev–Trinajstić information content (AvgIpc) is 2.91. The van der Waals surface area contributed by atoms with E-state index in [0.29, 0.717) is 23.7 Å². The number of carbonyl (C=O) groups excluding carboxylic acids is 1. The lowest BCUT2D eigenvalue weighted by molar-refractivity contribution is -0.130. The number of hydrogen-bond donors (Lipinski definition) is 0. The van der Waals surface area contributed by atoms with Gasteiger partial charge in [-0.2, -0.15) is 5.26 Å². The molecule has 0 spiro atoms. The van der Waals surface area contributed by atoms with Crippen LogP contribution in [0.1, 0.15) is 23.1 Å². The zero-order valence-corrected chi connectivity index (χ0v) is 15.8. The van der Waals surface area contributed by atoms with E-state index < -0.39 is 5.82 Å². The minimum atomic E-state index is -0.437. The summed E-state index contributed by atoms with van der Waals surface area (Å²) in [5.74, 6) is -0.532. The van der Waals surface area contributed by atoms with Crippen molar-refractivity contribution in [2.75, 3.05) is 26.2 Å². The van der Waals surface area contributed by atoms with Gasteiger partial charge in [-0.15, -0.1) is 0 Å². The van der Waals surface area contributed by atoms with Gasteiger partial charge in [-0.05, 0) is 36.2 Å². The Balaban J connectivity index is 1.57. The van der Waals surface area contributed by atoms with E-state index in [1.807, 2.05) is 24.3 Å². The highest BCUT2D eigenvalue weighted by Gasteiger charge is 2.21. The number of rotatable bonds is 4. The van der Waals surface area contributed by atoms with Crippen LogP contribution in [0.25, 0.3) is 0 Å². The number of hydrogen-bond acceptors (Lipinski definition) is 3. The van der Waals surface area contributed by atoms with Crippen LogP contribution in [0.15, 0.2) is 42.5 Å². The lowest BCUT2D eigenvalue weighted by Gasteiger charge is -2.22. The second-order valence-electron chi connectivity index (χ2n) is 6.70. The molecule has 0 aliphatic carbocycles. The Bertz CT molecular complexity index is 827. The van der Waals surface area contributed by atoms with Crippen LogP contribution >= 0.6 is 11.6 Å². The minimum absolute atomic E-state index is 0.0128. The molecule has 0 radical (unpaired) electrons. The molecule has 1 aliphatic rings. The third kappa shape index (κ3) is 5.06. The van der Waals surface area contributed by atoms with Crippen molar-refractivity contribution in [1.82, 2.24) is 9.80 Å². The molecule has 4 nitrogen and oxygen atoms in total. The SMILES string of the molecule is N#Cc1ccc(CN2CCCN(C(=O)Cc3c(F)cccc3Cl)CC2)cc1. The van der Waals surface area contributed by atoms with Crippen molar-refractivity contribution < 1.29 is 9.18 Å². The molecule has 2 aromatic rings. The standard InChI is InChI=1S/C21H21ClFN3O/c22-19-3-1-4-20(23)18(19)13-21(27)26-10-2-9-25(11-12-26)15-17-7-5-16(14-24)6-8-17/h1,3-8H,2,9-13,15H2. The Morgan fingerprint density at radius 1 is 1.11 bits per heavy atom. The molecule has 1 aliphatic heterocycles. The molecule has 0 saturated carbocycles. The van der Waals surface area contributed by atoms with Crippen molar-refractivity contribution in [1.29, 1.82) is 5.26 Å². The van der Waals surface area contributed by atoms with Gasteiger partial charge in [0.2, 0.25) is 5.91 Å². The van der Waals surface area contributed by atoms with E-state index >= 15 is 0 Å². The molecule has 0 N–H and O–H groups in total. The predicted molar refractivity (Wildman–Crippen MR) is 103 cm³/mol. The number of amides is 1. The van der Waals surface area contributed by atoms with Gasteiger partial charge < -0.3 is 4.90 Å². The first-order chi connectivity index (χ1) is 13.1. The molecule has 0 atom stereocenters. The number of benzene rings is 2. The van der Waals surface area contributed by atoms with Crippen LogP contribution in [0.4, 0.5) is 4.39 Å². The van der Waals surface area contributed by atoms with Crippen LogP contribution in [0.2, 0.25) is 5.02 Å². The van der Waals surface area contributed by atoms with Gasteiger partial charge in [0.05, 0.1) is 18.1 Å². The fourth-order valence-corrected chi connectivity index (χ4v) is 3.52. The van der Waals surface area contributed by atoms with E-state index in [1.54, 1.807) is 17.0 Å². The first kappa shape index (κ1) is 19.3. The quantitative estimate of drug-likeness (QED) is 0.807. The summed E-state index contributed by atoms with van der Waals surface area (Å²) in [6.45, 7) is 3.71. The smallest absolute Gasteiger partial charge is 0.227 e. The van der Waals surface area contributed by atoms with Gasteiger partial charge in [0.15, 0.2) is 0 Å². The van der Waals surface area contributed by atoms with Crippen molar-refractivity contribution in [3.63, 3.8) is 0 Å². The zero-order chi connectivity index (χ0) is 19.2. The minimum Gasteiger partial charge on any atom is -0.341 e. The van der Waals surface area contributed by atoms with E-state index in [0.717, 1.165) is 31.6 Å². The summed E-state index contributed by atoms with van der Waals surface area (Å²) in [7, 11) is 0. The Morgan fingerprint density at radius 2 is 1.89 bits per heavy atom. The molecular formula is C21H21ClFN3O. The predicted octanol–water partition coefficient (Wildman–Crippen LogP) is 3.63. The van der Waals surface area contributed by atoms with Gasteiger partial charge in [-0.3, -0.25) is 9.69 Å². The fourth-order valence-electron chi connectivity index (χ4n) is 3.29. The molecule has 6 heteroatoms. The topological polar surface area (TPSA) is 47.3 Å². The molecular weight excluding hydrogens is 365 g/mol. The molecule has 1 amide bonds. The summed E-state index contributed by atoms with van der Waals surface area (Å²) in [5.41, 5.74) is 2.06. The molecule has 1 saturated heterocycles. The molecule has 1 fully saturated rings. The molecule has 0 aromatic heterocycles. The van der Waals surface area contributed by atoms with E-state index in [-0.39, 0.29) is 17.9 Å². The van der Waals surface area contributed by atoms with Gasteiger partial charge in [0, 0.05) is 43.3 Å². The third-order valence-corrected chi connectivity index (χ3v) is 5.17. The first-order valence-corrected chi connectivity index (χ1v) is 9.36. The molecule has 140 valence electrons. The van der Waals surface area contributed by atoms with E-state index in [2.05, 4.69) is 11.0 Å². The Morgan fingerprint density at radius 3 is 2.59 bits per heavy atom. The van der Waals surface area contributed by atoms with Gasteiger partial charge in [-0.25, -0.2) is 4.39 Å². The van der Waals surface area contributed by atoms with Crippen molar-refractivity contribution in [2.45, 2.75) is 19.4 Å². The molecule has 2 aromatic carbocycles. The van der Waals surface area contributed by atoms with Crippen LogP contribution < -0.4 is 0 Å². The van der Waals surface area contributed by atoms with E-state index in [9.17, 15) is 9.18 Å². The number of carbonyl (C=O) groups is 1. The van der Waals surface area contributed by atoms with Crippen LogP contribution in [0, 0.1) is 17.1 Å².